The SMILES string of the molecule is CC1=C(C(=S)Nc2ccccc2)[C@H](c2ccc(F)cc2)NC(=O)N1. The number of nitrogens with one attached hydrogen (secondary N) is 3. The molecule has 24 heavy (non-hydrogen) atoms. The van der Waals surface area contributed by atoms with Crippen molar-refractivity contribution < 1.29 is 9.18 Å². The molecule has 1 aliphatic rings. The third-order valence-electron chi connectivity index (χ3n) is 3.75. The number of halogens is 1. The van der Waals surface area contributed by atoms with Gasteiger partial charge in [0.05, 0.1) is 6.04 Å². The topological polar surface area (TPSA) is 53.2 Å². The highest BCUT2D eigenvalue weighted by Gasteiger charge is 2.29. The van der Waals surface area contributed by atoms with Crippen LogP contribution in [-0.4, -0.2) is 11.0 Å². The number of urea groups is 1. The molecule has 3 rings (SSSR count). The molecule has 0 saturated heterocycles. The first-order valence-electron chi connectivity index (χ1n) is 7.45. The van der Waals surface area contributed by atoms with Crippen molar-refractivity contribution in [1.82, 2.24) is 10.6 Å². The van der Waals surface area contributed by atoms with Gasteiger partial charge in [0.1, 0.15) is 10.8 Å². The maximum atomic E-state index is 13.2. The van der Waals surface area contributed by atoms with Crippen molar-refractivity contribution in [2.24, 2.45) is 0 Å². The molecule has 1 aliphatic heterocycles. The molecule has 122 valence electrons. The summed E-state index contributed by atoms with van der Waals surface area (Å²) in [4.78, 5) is 12.4. The van der Waals surface area contributed by atoms with E-state index in [0.29, 0.717) is 10.7 Å². The average Bonchev–Trinajstić information content (AvgIpc) is 2.55. The van der Waals surface area contributed by atoms with Crippen molar-refractivity contribution >= 4 is 28.9 Å². The zero-order chi connectivity index (χ0) is 17.1. The van der Waals surface area contributed by atoms with Crippen molar-refractivity contribution in [3.8, 4) is 0 Å². The number of amides is 2. The molecule has 2 aromatic carbocycles. The zero-order valence-electron chi connectivity index (χ0n) is 13.0. The summed E-state index contributed by atoms with van der Waals surface area (Å²) < 4.78 is 13.2. The van der Waals surface area contributed by atoms with Gasteiger partial charge in [0.15, 0.2) is 0 Å². The van der Waals surface area contributed by atoms with Crippen molar-refractivity contribution in [1.29, 1.82) is 0 Å². The molecule has 0 radical (unpaired) electrons. The summed E-state index contributed by atoms with van der Waals surface area (Å²) in [7, 11) is 0. The molecule has 3 N–H and O–H groups in total. The summed E-state index contributed by atoms with van der Waals surface area (Å²) in [5.41, 5.74) is 3.04. The second-order valence-corrected chi connectivity index (χ2v) is 5.85. The second kappa shape index (κ2) is 6.80. The molecule has 0 aromatic heterocycles. The molecule has 6 heteroatoms. The van der Waals surface area contributed by atoms with Gasteiger partial charge >= 0.3 is 6.03 Å². The molecule has 0 saturated carbocycles. The van der Waals surface area contributed by atoms with E-state index in [1.165, 1.54) is 12.1 Å². The molecule has 0 spiro atoms. The molecular weight excluding hydrogens is 325 g/mol. The van der Waals surface area contributed by atoms with Crippen molar-refractivity contribution in [3.63, 3.8) is 0 Å². The monoisotopic (exact) mass is 341 g/mol. The highest BCUT2D eigenvalue weighted by molar-refractivity contribution is 7.81. The van der Waals surface area contributed by atoms with Crippen LogP contribution in [0.2, 0.25) is 0 Å². The number of rotatable bonds is 3. The number of benzene rings is 2. The second-order valence-electron chi connectivity index (χ2n) is 5.44. The van der Waals surface area contributed by atoms with Crippen molar-refractivity contribution in [2.75, 3.05) is 5.32 Å². The largest absolute Gasteiger partial charge is 0.346 e. The number of carbonyl (C=O) groups is 1. The molecule has 0 aliphatic carbocycles. The molecule has 0 bridgehead atoms. The predicted molar refractivity (Wildman–Crippen MR) is 96.2 cm³/mol. The van der Waals surface area contributed by atoms with Crippen LogP contribution in [0.3, 0.4) is 0 Å². The molecule has 0 unspecified atom stereocenters. The van der Waals surface area contributed by atoms with Crippen LogP contribution in [0.5, 0.6) is 0 Å². The minimum atomic E-state index is -0.442. The highest BCUT2D eigenvalue weighted by Crippen LogP contribution is 2.28. The van der Waals surface area contributed by atoms with Crippen molar-refractivity contribution in [2.45, 2.75) is 13.0 Å². The molecule has 1 heterocycles. The van der Waals surface area contributed by atoms with Gasteiger partial charge in [-0.25, -0.2) is 9.18 Å². The fourth-order valence-corrected chi connectivity index (χ4v) is 3.01. The van der Waals surface area contributed by atoms with E-state index in [9.17, 15) is 9.18 Å². The Bertz CT molecular complexity index is 803. The fraction of sp³-hybridized carbons (Fsp3) is 0.111. The smallest absolute Gasteiger partial charge is 0.319 e. The van der Waals surface area contributed by atoms with Crippen LogP contribution in [-0.2, 0) is 0 Å². The van der Waals surface area contributed by atoms with Crippen molar-refractivity contribution in [3.05, 3.63) is 77.2 Å². The Morgan fingerprint density at radius 3 is 2.46 bits per heavy atom. The quantitative estimate of drug-likeness (QED) is 0.742. The van der Waals surface area contributed by atoms with Gasteiger partial charge in [0, 0.05) is 17.0 Å². The standard InChI is InChI=1S/C18H16FN3OS/c1-11-15(17(24)21-14-5-3-2-4-6-14)16(22-18(23)20-11)12-7-9-13(19)10-8-12/h2-10,16H,1H3,(H,21,24)(H2,20,22,23)/t16-/m0/s1. The number of hydrogen-bond acceptors (Lipinski definition) is 2. The lowest BCUT2D eigenvalue weighted by Crippen LogP contribution is -2.45. The third-order valence-corrected chi connectivity index (χ3v) is 4.07. The van der Waals surface area contributed by atoms with Crippen LogP contribution in [0.1, 0.15) is 18.5 Å². The lowest BCUT2D eigenvalue weighted by molar-refractivity contribution is 0.239. The Balaban J connectivity index is 1.94. The van der Waals surface area contributed by atoms with Crippen LogP contribution in [0.25, 0.3) is 0 Å². The van der Waals surface area contributed by atoms with Gasteiger partial charge in [0.2, 0.25) is 0 Å². The van der Waals surface area contributed by atoms with Crippen LogP contribution in [0.4, 0.5) is 14.9 Å². The van der Waals surface area contributed by atoms with Gasteiger partial charge in [-0.2, -0.15) is 0 Å². The van der Waals surface area contributed by atoms with Gasteiger partial charge in [-0.1, -0.05) is 42.5 Å². The molecule has 4 nitrogen and oxygen atoms in total. The van der Waals surface area contributed by atoms with E-state index in [-0.39, 0.29) is 11.8 Å². The molecular formula is C18H16FN3OS. The maximum absolute atomic E-state index is 13.2. The van der Waals surface area contributed by atoms with Gasteiger partial charge in [-0.05, 0) is 36.8 Å². The van der Waals surface area contributed by atoms with Gasteiger partial charge < -0.3 is 16.0 Å². The first-order chi connectivity index (χ1) is 11.5. The Morgan fingerprint density at radius 2 is 1.79 bits per heavy atom. The summed E-state index contributed by atoms with van der Waals surface area (Å²) in [5.74, 6) is -0.328. The van der Waals surface area contributed by atoms with Gasteiger partial charge in [-0.15, -0.1) is 0 Å². The third kappa shape index (κ3) is 3.44. The first-order valence-corrected chi connectivity index (χ1v) is 7.85. The van der Waals surface area contributed by atoms with E-state index in [2.05, 4.69) is 16.0 Å². The molecule has 0 fully saturated rings. The fourth-order valence-electron chi connectivity index (χ4n) is 2.62. The number of carbonyl (C=O) groups excluding carboxylic acids is 1. The first kappa shape index (κ1) is 16.1. The Morgan fingerprint density at radius 1 is 1.12 bits per heavy atom. The molecule has 1 atom stereocenters. The van der Waals surface area contributed by atoms with E-state index < -0.39 is 6.04 Å². The summed E-state index contributed by atoms with van der Waals surface area (Å²) in [5, 5.41) is 8.75. The highest BCUT2D eigenvalue weighted by atomic mass is 32.1. The number of thiocarbonyl (C=S) groups is 1. The Kier molecular flexibility index (Phi) is 4.57. The molecule has 2 amide bonds. The lowest BCUT2D eigenvalue weighted by Gasteiger charge is -2.30. The van der Waals surface area contributed by atoms with E-state index in [1.807, 2.05) is 30.3 Å². The zero-order valence-corrected chi connectivity index (χ0v) is 13.8. The van der Waals surface area contributed by atoms with Crippen LogP contribution < -0.4 is 16.0 Å². The number of para-hydroxylation sites is 1. The normalized spacial score (nSPS) is 17.1. The van der Waals surface area contributed by atoms with E-state index in [0.717, 1.165) is 16.8 Å². The van der Waals surface area contributed by atoms with Crippen LogP contribution in [0, 0.1) is 5.82 Å². The van der Waals surface area contributed by atoms with Crippen LogP contribution >= 0.6 is 12.2 Å². The summed E-state index contributed by atoms with van der Waals surface area (Å²) in [6, 6.07) is 14.8. The summed E-state index contributed by atoms with van der Waals surface area (Å²) in [6.45, 7) is 1.80. The average molecular weight is 341 g/mol. The summed E-state index contributed by atoms with van der Waals surface area (Å²) in [6.07, 6.45) is 0. The number of anilines is 1. The predicted octanol–water partition coefficient (Wildman–Crippen LogP) is 3.89. The lowest BCUT2D eigenvalue weighted by atomic mass is 9.95. The van der Waals surface area contributed by atoms with Gasteiger partial charge in [-0.3, -0.25) is 0 Å². The van der Waals surface area contributed by atoms with Crippen LogP contribution in [0.15, 0.2) is 65.9 Å². The Labute approximate surface area is 144 Å². The minimum Gasteiger partial charge on any atom is -0.346 e. The van der Waals surface area contributed by atoms with E-state index >= 15 is 0 Å². The minimum absolute atomic E-state index is 0.312. The Hall–Kier alpha value is -2.73. The van der Waals surface area contributed by atoms with E-state index in [1.54, 1.807) is 19.1 Å². The van der Waals surface area contributed by atoms with Gasteiger partial charge in [0.25, 0.3) is 0 Å². The summed E-state index contributed by atoms with van der Waals surface area (Å²) >= 11 is 5.54. The number of allylic oxidation sites excluding steroid dienone is 1. The number of hydrogen-bond donors (Lipinski definition) is 3. The van der Waals surface area contributed by atoms with E-state index in [4.69, 9.17) is 12.2 Å². The maximum Gasteiger partial charge on any atom is 0.319 e. The molecule has 2 aromatic rings.